The molecule has 0 spiro atoms. The number of benzene rings is 1. The van der Waals surface area contributed by atoms with Gasteiger partial charge in [0, 0.05) is 21.1 Å². The summed E-state index contributed by atoms with van der Waals surface area (Å²) >= 11 is 17.0. The second-order valence-corrected chi connectivity index (χ2v) is 8.94. The lowest BCUT2D eigenvalue weighted by Gasteiger charge is -2.07. The van der Waals surface area contributed by atoms with E-state index in [1.807, 2.05) is 33.8 Å². The molecule has 5 nitrogen and oxygen atoms in total. The van der Waals surface area contributed by atoms with Crippen LogP contribution >= 0.6 is 50.5 Å². The third kappa shape index (κ3) is 7.17. The van der Waals surface area contributed by atoms with Gasteiger partial charge in [0.25, 0.3) is 0 Å². The first-order valence-corrected chi connectivity index (χ1v) is 12.6. The van der Waals surface area contributed by atoms with Crippen molar-refractivity contribution in [2.45, 2.75) is 47.5 Å². The lowest BCUT2D eigenvalue weighted by atomic mass is 10.1. The highest BCUT2D eigenvalue weighted by Gasteiger charge is 2.20. The van der Waals surface area contributed by atoms with E-state index in [0.717, 1.165) is 16.1 Å². The van der Waals surface area contributed by atoms with Crippen molar-refractivity contribution in [2.24, 2.45) is 0 Å². The van der Waals surface area contributed by atoms with Crippen LogP contribution in [0.4, 0.5) is 10.9 Å². The Kier molecular flexibility index (Phi) is 12.2. The highest BCUT2D eigenvalue weighted by atomic mass is 79.9. The molecule has 0 aliphatic carbocycles. The first kappa shape index (κ1) is 28.4. The predicted molar refractivity (Wildman–Crippen MR) is 141 cm³/mol. The fourth-order valence-electron chi connectivity index (χ4n) is 2.53. The highest BCUT2D eigenvalue weighted by Crippen LogP contribution is 2.39. The molecule has 2 heterocycles. The second-order valence-electron chi connectivity index (χ2n) is 6.18. The predicted octanol–water partition coefficient (Wildman–Crippen LogP) is 8.98. The molecular weight excluding hydrogens is 533 g/mol. The van der Waals surface area contributed by atoms with Crippen molar-refractivity contribution in [1.82, 2.24) is 9.97 Å². The number of carbonyl (C=O) groups is 1. The average Bonchev–Trinajstić information content (AvgIpc) is 3.23. The van der Waals surface area contributed by atoms with Gasteiger partial charge in [0.15, 0.2) is 5.13 Å². The number of thiazole rings is 1. The zero-order chi connectivity index (χ0) is 24.4. The maximum absolute atomic E-state index is 12.1. The molecule has 0 bridgehead atoms. The molecular formula is C23H28BrCl2N3O2S. The van der Waals surface area contributed by atoms with E-state index in [9.17, 15) is 4.79 Å². The van der Waals surface area contributed by atoms with Gasteiger partial charge in [0.2, 0.25) is 0 Å². The van der Waals surface area contributed by atoms with Crippen LogP contribution in [0.1, 0.15) is 62.7 Å². The fourth-order valence-corrected chi connectivity index (χ4v) is 4.15. The van der Waals surface area contributed by atoms with Crippen LogP contribution in [-0.4, -0.2) is 23.0 Å². The van der Waals surface area contributed by atoms with Gasteiger partial charge >= 0.3 is 5.97 Å². The van der Waals surface area contributed by atoms with Crippen LogP contribution in [0.3, 0.4) is 0 Å². The number of carbonyl (C=O) groups excluding carboxylic acids is 1. The van der Waals surface area contributed by atoms with Gasteiger partial charge in [-0.05, 0) is 40.0 Å². The molecule has 0 amide bonds. The number of hydrogen-bond donors (Lipinski definition) is 1. The normalized spacial score (nSPS) is 9.97. The Morgan fingerprint density at radius 2 is 1.78 bits per heavy atom. The minimum Gasteiger partial charge on any atom is -0.465 e. The van der Waals surface area contributed by atoms with Crippen LogP contribution in [-0.2, 0) is 4.74 Å². The number of pyridine rings is 1. The Labute approximate surface area is 212 Å². The van der Waals surface area contributed by atoms with Crippen LogP contribution in [0.15, 0.2) is 34.9 Å². The Hall–Kier alpha value is -1.67. The third-order valence-corrected chi connectivity index (χ3v) is 6.30. The van der Waals surface area contributed by atoms with Gasteiger partial charge in [0.1, 0.15) is 11.4 Å². The van der Waals surface area contributed by atoms with E-state index in [0.29, 0.717) is 31.0 Å². The lowest BCUT2D eigenvalue weighted by Crippen LogP contribution is -2.07. The van der Waals surface area contributed by atoms with Crippen LogP contribution in [0.25, 0.3) is 11.3 Å². The Bertz CT molecular complexity index is 1040. The zero-order valence-corrected chi connectivity index (χ0v) is 23.1. The number of hydrogen-bond acceptors (Lipinski definition) is 6. The van der Waals surface area contributed by atoms with E-state index < -0.39 is 5.97 Å². The molecule has 0 aliphatic heterocycles. The van der Waals surface area contributed by atoms with Crippen molar-refractivity contribution in [2.75, 3.05) is 12.4 Å². The number of anilines is 2. The third-order valence-electron chi connectivity index (χ3n) is 3.86. The van der Waals surface area contributed by atoms with Crippen LogP contribution in [0, 0.1) is 0 Å². The standard InChI is InChI=1S/C19H16BrCl2N3O2S.2C2H6/c1-9(2)16-15(10-4-5-13(21)14(22)6-10)24-19(28-16)25-17-12(18(26)27-3)7-11(20)8-23-17;2*1-2/h4-9H,1-3H3,(H,23,24,25);2*1-2H3. The lowest BCUT2D eigenvalue weighted by molar-refractivity contribution is 0.0601. The average molecular weight is 561 g/mol. The number of rotatable bonds is 5. The number of nitrogens with zero attached hydrogens (tertiary/aromatic N) is 2. The summed E-state index contributed by atoms with van der Waals surface area (Å²) in [6.07, 6.45) is 1.60. The van der Waals surface area contributed by atoms with Crippen molar-refractivity contribution >= 4 is 67.4 Å². The Balaban J connectivity index is 0.00000121. The molecule has 0 saturated carbocycles. The minimum atomic E-state index is -0.485. The first-order valence-electron chi connectivity index (χ1n) is 10.3. The molecule has 0 unspecified atom stereocenters. The summed E-state index contributed by atoms with van der Waals surface area (Å²) in [4.78, 5) is 22.2. The molecule has 0 saturated heterocycles. The molecule has 0 radical (unpaired) electrons. The quantitative estimate of drug-likeness (QED) is 0.315. The number of aromatic nitrogens is 2. The maximum Gasteiger partial charge on any atom is 0.341 e. The van der Waals surface area contributed by atoms with E-state index in [2.05, 4.69) is 40.1 Å². The Morgan fingerprint density at radius 1 is 1.12 bits per heavy atom. The highest BCUT2D eigenvalue weighted by molar-refractivity contribution is 9.10. The summed E-state index contributed by atoms with van der Waals surface area (Å²) in [6.45, 7) is 12.2. The molecule has 32 heavy (non-hydrogen) atoms. The summed E-state index contributed by atoms with van der Waals surface area (Å²) in [7, 11) is 1.33. The van der Waals surface area contributed by atoms with E-state index in [1.165, 1.54) is 18.4 Å². The molecule has 0 aliphatic rings. The molecule has 2 aromatic heterocycles. The van der Waals surface area contributed by atoms with Gasteiger partial charge in [-0.1, -0.05) is 70.8 Å². The van der Waals surface area contributed by atoms with Gasteiger partial charge < -0.3 is 10.1 Å². The summed E-state index contributed by atoms with van der Waals surface area (Å²) < 4.78 is 5.52. The monoisotopic (exact) mass is 559 g/mol. The van der Waals surface area contributed by atoms with Crippen molar-refractivity contribution in [1.29, 1.82) is 0 Å². The van der Waals surface area contributed by atoms with E-state index in [4.69, 9.17) is 32.9 Å². The van der Waals surface area contributed by atoms with Gasteiger partial charge in [-0.25, -0.2) is 14.8 Å². The molecule has 0 atom stereocenters. The van der Waals surface area contributed by atoms with Crippen molar-refractivity contribution in [3.63, 3.8) is 0 Å². The molecule has 1 N–H and O–H groups in total. The number of nitrogens with one attached hydrogen (secondary N) is 1. The van der Waals surface area contributed by atoms with Crippen molar-refractivity contribution in [3.8, 4) is 11.3 Å². The summed E-state index contributed by atoms with van der Waals surface area (Å²) in [5.74, 6) is 0.136. The second kappa shape index (κ2) is 13.8. The van der Waals surface area contributed by atoms with Gasteiger partial charge in [-0.3, -0.25) is 0 Å². The van der Waals surface area contributed by atoms with Gasteiger partial charge in [-0.2, -0.15) is 0 Å². The molecule has 9 heteroatoms. The summed E-state index contributed by atoms with van der Waals surface area (Å²) in [6, 6.07) is 7.09. The molecule has 0 fully saturated rings. The minimum absolute atomic E-state index is 0.246. The summed E-state index contributed by atoms with van der Waals surface area (Å²) in [5.41, 5.74) is 2.01. The maximum atomic E-state index is 12.1. The molecule has 174 valence electrons. The summed E-state index contributed by atoms with van der Waals surface area (Å²) in [5, 5.41) is 4.72. The van der Waals surface area contributed by atoms with E-state index in [-0.39, 0.29) is 5.92 Å². The van der Waals surface area contributed by atoms with Crippen molar-refractivity contribution < 1.29 is 9.53 Å². The van der Waals surface area contributed by atoms with Crippen LogP contribution < -0.4 is 5.32 Å². The number of methoxy groups -OCH3 is 1. The largest absolute Gasteiger partial charge is 0.465 e. The van der Waals surface area contributed by atoms with Crippen LogP contribution in [0.5, 0.6) is 0 Å². The smallest absolute Gasteiger partial charge is 0.341 e. The fraction of sp³-hybridized carbons (Fsp3) is 0.348. The Morgan fingerprint density at radius 3 is 2.34 bits per heavy atom. The number of ether oxygens (including phenoxy) is 1. The van der Waals surface area contributed by atoms with Gasteiger partial charge in [-0.15, -0.1) is 11.3 Å². The van der Waals surface area contributed by atoms with Crippen molar-refractivity contribution in [3.05, 3.63) is 55.4 Å². The number of esters is 1. The molecule has 3 aromatic rings. The van der Waals surface area contributed by atoms with Crippen LogP contribution in [0.2, 0.25) is 10.0 Å². The number of halogens is 3. The van der Waals surface area contributed by atoms with E-state index >= 15 is 0 Å². The van der Waals surface area contributed by atoms with E-state index in [1.54, 1.807) is 24.4 Å². The first-order chi connectivity index (χ1) is 15.3. The zero-order valence-electron chi connectivity index (χ0n) is 19.2. The topological polar surface area (TPSA) is 64.1 Å². The molecule has 1 aromatic carbocycles. The molecule has 3 rings (SSSR count). The SMILES string of the molecule is CC.CC.COC(=O)c1cc(Br)cnc1Nc1nc(-c2ccc(Cl)c(Cl)c2)c(C(C)C)s1. The van der Waals surface area contributed by atoms with Gasteiger partial charge in [0.05, 0.1) is 22.8 Å².